The molecule has 0 heterocycles. The van der Waals surface area contributed by atoms with Gasteiger partial charge in [-0.15, -0.1) is 0 Å². The fourth-order valence-electron chi connectivity index (χ4n) is 1.49. The van der Waals surface area contributed by atoms with Crippen molar-refractivity contribution in [2.24, 2.45) is 5.73 Å². The van der Waals surface area contributed by atoms with Gasteiger partial charge in [0.2, 0.25) is 10.0 Å². The summed E-state index contributed by atoms with van der Waals surface area (Å²) in [5.41, 5.74) is 5.83. The van der Waals surface area contributed by atoms with Gasteiger partial charge < -0.3 is 5.73 Å². The van der Waals surface area contributed by atoms with Crippen molar-refractivity contribution in [3.63, 3.8) is 0 Å². The van der Waals surface area contributed by atoms with Crippen LogP contribution in [0.25, 0.3) is 0 Å². The first kappa shape index (κ1) is 15.5. The van der Waals surface area contributed by atoms with Gasteiger partial charge in [-0.25, -0.2) is 13.1 Å². The molecule has 3 N–H and O–H groups in total. The Morgan fingerprint density at radius 1 is 1.47 bits per heavy atom. The van der Waals surface area contributed by atoms with Gasteiger partial charge >= 0.3 is 0 Å². The molecule has 0 bridgehead atoms. The van der Waals surface area contributed by atoms with Gasteiger partial charge in [0.1, 0.15) is 0 Å². The SMILES string of the molecule is CCC(N)CNS(=O)(=O)c1ccc([N+](=O)[O-])cc1C. The van der Waals surface area contributed by atoms with Crippen LogP contribution in [0.1, 0.15) is 18.9 Å². The minimum absolute atomic E-state index is 0.0291. The minimum atomic E-state index is -3.69. The highest BCUT2D eigenvalue weighted by Gasteiger charge is 2.19. The Bertz CT molecular complexity index is 571. The quantitative estimate of drug-likeness (QED) is 0.596. The highest BCUT2D eigenvalue weighted by molar-refractivity contribution is 7.89. The maximum Gasteiger partial charge on any atom is 0.269 e. The van der Waals surface area contributed by atoms with Crippen molar-refractivity contribution in [1.82, 2.24) is 4.72 Å². The molecular formula is C11H17N3O4S. The Morgan fingerprint density at radius 3 is 2.58 bits per heavy atom. The summed E-state index contributed by atoms with van der Waals surface area (Å²) in [6.45, 7) is 3.51. The van der Waals surface area contributed by atoms with Crippen molar-refractivity contribution in [3.8, 4) is 0 Å². The minimum Gasteiger partial charge on any atom is -0.327 e. The smallest absolute Gasteiger partial charge is 0.269 e. The third-order valence-corrected chi connectivity index (χ3v) is 4.30. The van der Waals surface area contributed by atoms with Crippen molar-refractivity contribution in [1.29, 1.82) is 0 Å². The van der Waals surface area contributed by atoms with Crippen LogP contribution in [0.2, 0.25) is 0 Å². The second kappa shape index (κ2) is 6.09. The van der Waals surface area contributed by atoms with E-state index >= 15 is 0 Å². The van der Waals surface area contributed by atoms with Crippen LogP contribution >= 0.6 is 0 Å². The van der Waals surface area contributed by atoms with Crippen molar-refractivity contribution < 1.29 is 13.3 Å². The summed E-state index contributed by atoms with van der Waals surface area (Å²) >= 11 is 0. The van der Waals surface area contributed by atoms with E-state index in [1.807, 2.05) is 6.92 Å². The molecule has 0 fully saturated rings. The number of hydrogen-bond donors (Lipinski definition) is 2. The fraction of sp³-hybridized carbons (Fsp3) is 0.455. The molecule has 0 saturated carbocycles. The van der Waals surface area contributed by atoms with Crippen LogP contribution in [0.3, 0.4) is 0 Å². The summed E-state index contributed by atoms with van der Waals surface area (Å²) in [5.74, 6) is 0. The lowest BCUT2D eigenvalue weighted by atomic mass is 10.2. The van der Waals surface area contributed by atoms with Gasteiger partial charge in [-0.1, -0.05) is 6.92 Å². The molecule has 8 heteroatoms. The molecule has 1 aromatic carbocycles. The number of nitro groups is 1. The number of non-ortho nitro benzene ring substituents is 1. The number of rotatable bonds is 6. The number of nitrogens with one attached hydrogen (secondary N) is 1. The van der Waals surface area contributed by atoms with Crippen molar-refractivity contribution in [3.05, 3.63) is 33.9 Å². The van der Waals surface area contributed by atoms with E-state index in [0.717, 1.165) is 0 Å². The molecule has 1 atom stereocenters. The number of nitrogens with zero attached hydrogens (tertiary/aromatic N) is 1. The molecule has 7 nitrogen and oxygen atoms in total. The normalized spacial score (nSPS) is 13.2. The molecule has 0 aliphatic heterocycles. The Hall–Kier alpha value is -1.51. The van der Waals surface area contributed by atoms with Gasteiger partial charge in [0.05, 0.1) is 9.82 Å². The summed E-state index contributed by atoms with van der Waals surface area (Å²) in [4.78, 5) is 10.1. The van der Waals surface area contributed by atoms with Crippen LogP contribution in [0, 0.1) is 17.0 Å². The summed E-state index contributed by atoms with van der Waals surface area (Å²) in [5, 5.41) is 10.6. The Morgan fingerprint density at radius 2 is 2.11 bits per heavy atom. The van der Waals surface area contributed by atoms with Gasteiger partial charge in [-0.05, 0) is 25.0 Å². The van der Waals surface area contributed by atoms with Gasteiger partial charge in [0.15, 0.2) is 0 Å². The topological polar surface area (TPSA) is 115 Å². The van der Waals surface area contributed by atoms with Crippen molar-refractivity contribution >= 4 is 15.7 Å². The summed E-state index contributed by atoms with van der Waals surface area (Å²) in [7, 11) is -3.69. The molecule has 1 aromatic rings. The molecule has 0 amide bonds. The number of nitro benzene ring substituents is 1. The first-order valence-corrected chi connectivity index (χ1v) is 7.26. The van der Waals surface area contributed by atoms with E-state index in [-0.39, 0.29) is 23.2 Å². The average Bonchev–Trinajstić information content (AvgIpc) is 2.35. The number of aryl methyl sites for hydroxylation is 1. The van der Waals surface area contributed by atoms with E-state index in [1.165, 1.54) is 25.1 Å². The van der Waals surface area contributed by atoms with Crippen LogP contribution in [0.5, 0.6) is 0 Å². The van der Waals surface area contributed by atoms with Gasteiger partial charge in [0.25, 0.3) is 5.69 Å². The molecular weight excluding hydrogens is 270 g/mol. The molecule has 0 aliphatic carbocycles. The van der Waals surface area contributed by atoms with Gasteiger partial charge in [-0.3, -0.25) is 10.1 Å². The number of nitrogens with two attached hydrogens (primary N) is 1. The van der Waals surface area contributed by atoms with E-state index in [4.69, 9.17) is 5.73 Å². The first-order valence-electron chi connectivity index (χ1n) is 5.78. The van der Waals surface area contributed by atoms with Crippen LogP contribution in [0.4, 0.5) is 5.69 Å². The maximum absolute atomic E-state index is 12.0. The standard InChI is InChI=1S/C11H17N3O4S/c1-3-9(12)7-13-19(17,18)11-5-4-10(14(15)16)6-8(11)2/h4-6,9,13H,3,7,12H2,1-2H3. The summed E-state index contributed by atoms with van der Waals surface area (Å²) < 4.78 is 26.4. The van der Waals surface area contributed by atoms with Crippen molar-refractivity contribution in [2.45, 2.75) is 31.2 Å². The van der Waals surface area contributed by atoms with E-state index in [9.17, 15) is 18.5 Å². The second-order valence-electron chi connectivity index (χ2n) is 4.23. The zero-order chi connectivity index (χ0) is 14.6. The lowest BCUT2D eigenvalue weighted by Gasteiger charge is -2.12. The Labute approximate surface area is 112 Å². The van der Waals surface area contributed by atoms with Gasteiger partial charge in [0, 0.05) is 24.7 Å². The molecule has 19 heavy (non-hydrogen) atoms. The summed E-state index contributed by atoms with van der Waals surface area (Å²) in [6, 6.07) is 3.37. The van der Waals surface area contributed by atoms with E-state index in [2.05, 4.69) is 4.72 Å². The van der Waals surface area contributed by atoms with E-state index in [0.29, 0.717) is 12.0 Å². The van der Waals surface area contributed by atoms with E-state index in [1.54, 1.807) is 0 Å². The van der Waals surface area contributed by atoms with Crippen LogP contribution < -0.4 is 10.5 Å². The van der Waals surface area contributed by atoms with Crippen LogP contribution in [-0.2, 0) is 10.0 Å². The molecule has 0 aromatic heterocycles. The largest absolute Gasteiger partial charge is 0.327 e. The molecule has 0 saturated heterocycles. The molecule has 1 unspecified atom stereocenters. The Balaban J connectivity index is 2.99. The predicted octanol–water partition coefficient (Wildman–Crippen LogP) is 0.919. The number of hydrogen-bond acceptors (Lipinski definition) is 5. The molecule has 0 aliphatic rings. The second-order valence-corrected chi connectivity index (χ2v) is 5.96. The van der Waals surface area contributed by atoms with E-state index < -0.39 is 14.9 Å². The number of sulfonamides is 1. The zero-order valence-corrected chi connectivity index (χ0v) is 11.6. The Kier molecular flexibility index (Phi) is 4.98. The maximum atomic E-state index is 12.0. The third kappa shape index (κ3) is 3.98. The summed E-state index contributed by atoms with van der Waals surface area (Å²) in [6.07, 6.45) is 0.655. The first-order chi connectivity index (χ1) is 8.77. The monoisotopic (exact) mass is 287 g/mol. The molecule has 0 spiro atoms. The van der Waals surface area contributed by atoms with Crippen LogP contribution in [0.15, 0.2) is 23.1 Å². The lowest BCUT2D eigenvalue weighted by molar-refractivity contribution is -0.385. The van der Waals surface area contributed by atoms with Crippen LogP contribution in [-0.4, -0.2) is 25.9 Å². The third-order valence-electron chi connectivity index (χ3n) is 2.72. The average molecular weight is 287 g/mol. The predicted molar refractivity (Wildman–Crippen MR) is 71.3 cm³/mol. The zero-order valence-electron chi connectivity index (χ0n) is 10.8. The highest BCUT2D eigenvalue weighted by atomic mass is 32.2. The van der Waals surface area contributed by atoms with Gasteiger partial charge in [-0.2, -0.15) is 0 Å². The lowest BCUT2D eigenvalue weighted by Crippen LogP contribution is -2.36. The fourth-order valence-corrected chi connectivity index (χ4v) is 2.81. The highest BCUT2D eigenvalue weighted by Crippen LogP contribution is 2.20. The van der Waals surface area contributed by atoms with Crippen molar-refractivity contribution in [2.75, 3.05) is 6.54 Å². The number of benzene rings is 1. The molecule has 106 valence electrons. The molecule has 1 rings (SSSR count). The molecule has 0 radical (unpaired) electrons.